The van der Waals surface area contributed by atoms with E-state index in [0.717, 1.165) is 30.6 Å². The molecule has 1 saturated carbocycles. The minimum atomic E-state index is -0.779. The van der Waals surface area contributed by atoms with Gasteiger partial charge in [-0.05, 0) is 37.0 Å². The molecular formula is C18H23N3O3. The Morgan fingerprint density at radius 3 is 2.46 bits per heavy atom. The van der Waals surface area contributed by atoms with Crippen LogP contribution in [0.5, 0.6) is 0 Å². The number of amides is 4. The molecule has 1 aromatic rings. The number of imide groups is 1. The third-order valence-corrected chi connectivity index (χ3v) is 4.90. The maximum atomic E-state index is 12.6. The smallest absolute Gasteiger partial charge is 0.325 e. The number of nitrogens with zero attached hydrogens (tertiary/aromatic N) is 1. The van der Waals surface area contributed by atoms with Crippen LogP contribution in [0.3, 0.4) is 0 Å². The maximum absolute atomic E-state index is 12.6. The van der Waals surface area contributed by atoms with Crippen molar-refractivity contribution in [2.75, 3.05) is 11.9 Å². The Kier molecular flexibility index (Phi) is 4.55. The summed E-state index contributed by atoms with van der Waals surface area (Å²) in [6.45, 7) is 1.81. The Balaban J connectivity index is 1.63. The monoisotopic (exact) mass is 329 g/mol. The van der Waals surface area contributed by atoms with Crippen LogP contribution < -0.4 is 10.6 Å². The molecule has 1 saturated heterocycles. The molecule has 0 bridgehead atoms. The zero-order chi connectivity index (χ0) is 17.2. The molecule has 128 valence electrons. The third kappa shape index (κ3) is 3.13. The normalized spacial score (nSPS) is 19.5. The molecule has 0 aromatic heterocycles. The van der Waals surface area contributed by atoms with E-state index in [1.54, 1.807) is 0 Å². The molecule has 2 N–H and O–H groups in total. The van der Waals surface area contributed by atoms with Gasteiger partial charge in [0.05, 0.1) is 0 Å². The molecule has 3 rings (SSSR count). The van der Waals surface area contributed by atoms with Gasteiger partial charge in [-0.3, -0.25) is 14.5 Å². The summed E-state index contributed by atoms with van der Waals surface area (Å²) in [7, 11) is 0. The van der Waals surface area contributed by atoms with Crippen LogP contribution in [-0.2, 0) is 16.0 Å². The molecule has 0 atom stereocenters. The average molecular weight is 329 g/mol. The number of hydrogen-bond donors (Lipinski definition) is 2. The average Bonchev–Trinajstić information content (AvgIpc) is 2.80. The maximum Gasteiger partial charge on any atom is 0.325 e. The van der Waals surface area contributed by atoms with Gasteiger partial charge in [-0.1, -0.05) is 38.3 Å². The van der Waals surface area contributed by atoms with Gasteiger partial charge in [-0.2, -0.15) is 0 Å². The highest BCUT2D eigenvalue weighted by Gasteiger charge is 2.51. The van der Waals surface area contributed by atoms with Gasteiger partial charge in [0.25, 0.3) is 5.91 Å². The van der Waals surface area contributed by atoms with E-state index in [1.807, 2.05) is 24.3 Å². The molecule has 4 amide bonds. The highest BCUT2D eigenvalue weighted by molar-refractivity contribution is 6.10. The highest BCUT2D eigenvalue weighted by atomic mass is 16.2. The minimum Gasteiger partial charge on any atom is -0.325 e. The Hall–Kier alpha value is -2.37. The summed E-state index contributed by atoms with van der Waals surface area (Å²) in [5.41, 5.74) is 1.07. The predicted molar refractivity (Wildman–Crippen MR) is 90.5 cm³/mol. The SMILES string of the molecule is CCc1ccc(NC(=O)CN2C(=O)NC3(CCCCC3)C2=O)cc1. The van der Waals surface area contributed by atoms with E-state index >= 15 is 0 Å². The number of aryl methyl sites for hydroxylation is 1. The van der Waals surface area contributed by atoms with Crippen molar-refractivity contribution in [3.8, 4) is 0 Å². The lowest BCUT2D eigenvalue weighted by molar-refractivity contribution is -0.134. The van der Waals surface area contributed by atoms with Crippen LogP contribution in [0.4, 0.5) is 10.5 Å². The molecule has 24 heavy (non-hydrogen) atoms. The molecule has 1 aliphatic heterocycles. The molecule has 6 heteroatoms. The van der Waals surface area contributed by atoms with E-state index in [1.165, 1.54) is 5.56 Å². The van der Waals surface area contributed by atoms with Gasteiger partial charge in [-0.25, -0.2) is 4.79 Å². The van der Waals surface area contributed by atoms with Crippen LogP contribution in [0.1, 0.15) is 44.6 Å². The first-order valence-corrected chi connectivity index (χ1v) is 8.57. The lowest BCUT2D eigenvalue weighted by Crippen LogP contribution is -2.48. The number of nitrogens with one attached hydrogen (secondary N) is 2. The minimum absolute atomic E-state index is 0.248. The summed E-state index contributed by atoms with van der Waals surface area (Å²) in [6.07, 6.45) is 5.19. The van der Waals surface area contributed by atoms with Crippen molar-refractivity contribution in [3.63, 3.8) is 0 Å². The molecule has 1 spiro atoms. The van der Waals surface area contributed by atoms with E-state index in [0.29, 0.717) is 18.5 Å². The van der Waals surface area contributed by atoms with E-state index in [4.69, 9.17) is 0 Å². The van der Waals surface area contributed by atoms with Crippen LogP contribution in [0.25, 0.3) is 0 Å². The lowest BCUT2D eigenvalue weighted by Gasteiger charge is -2.30. The highest BCUT2D eigenvalue weighted by Crippen LogP contribution is 2.33. The zero-order valence-corrected chi connectivity index (χ0v) is 13.9. The molecule has 1 aromatic carbocycles. The van der Waals surface area contributed by atoms with Crippen molar-refractivity contribution in [2.24, 2.45) is 0 Å². The summed E-state index contributed by atoms with van der Waals surface area (Å²) < 4.78 is 0. The van der Waals surface area contributed by atoms with Crippen LogP contribution in [0.15, 0.2) is 24.3 Å². The van der Waals surface area contributed by atoms with Crippen molar-refractivity contribution in [3.05, 3.63) is 29.8 Å². The van der Waals surface area contributed by atoms with Crippen molar-refractivity contribution < 1.29 is 14.4 Å². The second-order valence-corrected chi connectivity index (χ2v) is 6.56. The second-order valence-electron chi connectivity index (χ2n) is 6.56. The van der Waals surface area contributed by atoms with Gasteiger partial charge in [0.2, 0.25) is 5.91 Å². The summed E-state index contributed by atoms with van der Waals surface area (Å²) >= 11 is 0. The largest absolute Gasteiger partial charge is 0.325 e. The molecule has 0 radical (unpaired) electrons. The van der Waals surface area contributed by atoms with Gasteiger partial charge < -0.3 is 10.6 Å². The number of anilines is 1. The van der Waals surface area contributed by atoms with Crippen LogP contribution in [-0.4, -0.2) is 34.8 Å². The topological polar surface area (TPSA) is 78.5 Å². The third-order valence-electron chi connectivity index (χ3n) is 4.90. The van der Waals surface area contributed by atoms with Crippen LogP contribution in [0.2, 0.25) is 0 Å². The fourth-order valence-corrected chi connectivity index (χ4v) is 3.48. The quantitative estimate of drug-likeness (QED) is 0.833. The standard InChI is InChI=1S/C18H23N3O3/c1-2-13-6-8-14(9-7-13)19-15(22)12-21-16(23)18(20-17(21)24)10-4-3-5-11-18/h6-9H,2-5,10-12H2,1H3,(H,19,22)(H,20,24). The number of carbonyl (C=O) groups is 3. The fourth-order valence-electron chi connectivity index (χ4n) is 3.48. The molecule has 1 heterocycles. The van der Waals surface area contributed by atoms with Crippen LogP contribution in [0, 0.1) is 0 Å². The zero-order valence-electron chi connectivity index (χ0n) is 13.9. The van der Waals surface area contributed by atoms with Gasteiger partial charge in [0.15, 0.2) is 0 Å². The van der Waals surface area contributed by atoms with Crippen LogP contribution >= 0.6 is 0 Å². The molecule has 2 fully saturated rings. The van der Waals surface area contributed by atoms with Crippen molar-refractivity contribution in [1.82, 2.24) is 10.2 Å². The molecule has 6 nitrogen and oxygen atoms in total. The predicted octanol–water partition coefficient (Wildman–Crippen LogP) is 2.44. The van der Waals surface area contributed by atoms with E-state index in [2.05, 4.69) is 17.6 Å². The van der Waals surface area contributed by atoms with Gasteiger partial charge in [-0.15, -0.1) is 0 Å². The number of urea groups is 1. The van der Waals surface area contributed by atoms with E-state index < -0.39 is 11.6 Å². The van der Waals surface area contributed by atoms with Gasteiger partial charge >= 0.3 is 6.03 Å². The second kappa shape index (κ2) is 6.63. The Morgan fingerprint density at radius 1 is 1.17 bits per heavy atom. The number of benzene rings is 1. The summed E-state index contributed by atoms with van der Waals surface area (Å²) in [5.74, 6) is -0.626. The Morgan fingerprint density at radius 2 is 1.83 bits per heavy atom. The molecule has 1 aliphatic carbocycles. The van der Waals surface area contributed by atoms with Crippen molar-refractivity contribution in [1.29, 1.82) is 0 Å². The molecule has 0 unspecified atom stereocenters. The van der Waals surface area contributed by atoms with E-state index in [9.17, 15) is 14.4 Å². The first kappa shape index (κ1) is 16.5. The first-order chi connectivity index (χ1) is 11.5. The van der Waals surface area contributed by atoms with Crippen molar-refractivity contribution in [2.45, 2.75) is 51.0 Å². The summed E-state index contributed by atoms with van der Waals surface area (Å²) in [4.78, 5) is 38.0. The lowest BCUT2D eigenvalue weighted by atomic mass is 9.82. The number of hydrogen-bond acceptors (Lipinski definition) is 3. The number of rotatable bonds is 4. The summed E-state index contributed by atoms with van der Waals surface area (Å²) in [6, 6.07) is 7.08. The molecule has 2 aliphatic rings. The Bertz CT molecular complexity index is 648. The van der Waals surface area contributed by atoms with E-state index in [-0.39, 0.29) is 18.4 Å². The molecular weight excluding hydrogens is 306 g/mol. The van der Waals surface area contributed by atoms with Gasteiger partial charge in [0, 0.05) is 5.69 Å². The first-order valence-electron chi connectivity index (χ1n) is 8.57. The fraction of sp³-hybridized carbons (Fsp3) is 0.500. The van der Waals surface area contributed by atoms with Gasteiger partial charge in [0.1, 0.15) is 12.1 Å². The number of carbonyl (C=O) groups excluding carboxylic acids is 3. The van der Waals surface area contributed by atoms with Crippen molar-refractivity contribution >= 4 is 23.5 Å². The Labute approximate surface area is 141 Å². The summed E-state index contributed by atoms with van der Waals surface area (Å²) in [5, 5.41) is 5.55.